The first kappa shape index (κ1) is 14.0. The molecular weight excluding hydrogens is 194 g/mol. The van der Waals surface area contributed by atoms with Crippen molar-refractivity contribution in [3.63, 3.8) is 0 Å². The summed E-state index contributed by atoms with van der Waals surface area (Å²) in [5.74, 6) is 1.64. The Labute approximate surface area is 102 Å². The second kappa shape index (κ2) is 7.32. The van der Waals surface area contributed by atoms with Crippen LogP contribution in [0.5, 0.6) is 0 Å². The van der Waals surface area contributed by atoms with E-state index in [0.717, 1.165) is 23.9 Å². The Morgan fingerprint density at radius 3 is 1.81 bits per heavy atom. The first-order valence-electron chi connectivity index (χ1n) is 7.34. The van der Waals surface area contributed by atoms with Gasteiger partial charge in [-0.15, -0.1) is 0 Å². The molecule has 0 radical (unpaired) electrons. The summed E-state index contributed by atoms with van der Waals surface area (Å²) in [6.07, 6.45) is 9.83. The fourth-order valence-electron chi connectivity index (χ4n) is 2.97. The van der Waals surface area contributed by atoms with Crippen LogP contribution in [-0.4, -0.2) is 12.1 Å². The highest BCUT2D eigenvalue weighted by atomic mass is 14.9. The Bertz CT molecular complexity index is 158. The Kier molecular flexibility index (Phi) is 6.41. The smallest absolute Gasteiger partial charge is 0.00745 e. The average Bonchev–Trinajstić information content (AvgIpc) is 2.16. The third-order valence-corrected chi connectivity index (χ3v) is 3.59. The van der Waals surface area contributed by atoms with Crippen LogP contribution in [0.25, 0.3) is 0 Å². The van der Waals surface area contributed by atoms with Crippen molar-refractivity contribution in [1.29, 1.82) is 0 Å². The van der Waals surface area contributed by atoms with Crippen LogP contribution in [0.1, 0.15) is 72.6 Å². The molecule has 1 rings (SSSR count). The summed E-state index contributed by atoms with van der Waals surface area (Å²) in [4.78, 5) is 0. The SMILES string of the molecule is CC(C)CC(CC(C)C)NC1CCCCC1. The Balaban J connectivity index is 2.35. The van der Waals surface area contributed by atoms with Gasteiger partial charge < -0.3 is 5.32 Å². The standard InChI is InChI=1S/C15H31N/c1-12(2)10-15(11-13(3)4)16-14-8-6-5-7-9-14/h12-16H,5-11H2,1-4H3. The van der Waals surface area contributed by atoms with Gasteiger partial charge in [0.2, 0.25) is 0 Å². The first-order valence-corrected chi connectivity index (χ1v) is 7.34. The molecule has 0 aromatic rings. The van der Waals surface area contributed by atoms with Gasteiger partial charge in [-0.3, -0.25) is 0 Å². The number of hydrogen-bond donors (Lipinski definition) is 1. The highest BCUT2D eigenvalue weighted by Gasteiger charge is 2.19. The van der Waals surface area contributed by atoms with E-state index >= 15 is 0 Å². The molecule has 0 amide bonds. The van der Waals surface area contributed by atoms with Gasteiger partial charge in [0, 0.05) is 12.1 Å². The van der Waals surface area contributed by atoms with E-state index in [4.69, 9.17) is 0 Å². The fraction of sp³-hybridized carbons (Fsp3) is 1.00. The zero-order valence-electron chi connectivity index (χ0n) is 11.8. The monoisotopic (exact) mass is 225 g/mol. The molecule has 0 bridgehead atoms. The maximum absolute atomic E-state index is 3.92. The van der Waals surface area contributed by atoms with Crippen molar-refractivity contribution in [1.82, 2.24) is 5.32 Å². The summed E-state index contributed by atoms with van der Waals surface area (Å²) in [6, 6.07) is 1.57. The maximum atomic E-state index is 3.92. The van der Waals surface area contributed by atoms with Crippen LogP contribution in [0, 0.1) is 11.8 Å². The van der Waals surface area contributed by atoms with Gasteiger partial charge in [0.15, 0.2) is 0 Å². The van der Waals surface area contributed by atoms with Crippen molar-refractivity contribution in [3.05, 3.63) is 0 Å². The van der Waals surface area contributed by atoms with E-state index in [9.17, 15) is 0 Å². The lowest BCUT2D eigenvalue weighted by Crippen LogP contribution is -2.40. The van der Waals surface area contributed by atoms with Gasteiger partial charge in [-0.05, 0) is 37.5 Å². The third kappa shape index (κ3) is 5.89. The molecule has 1 aliphatic rings. The van der Waals surface area contributed by atoms with Crippen molar-refractivity contribution >= 4 is 0 Å². The molecular formula is C15H31N. The number of hydrogen-bond acceptors (Lipinski definition) is 1. The van der Waals surface area contributed by atoms with Crippen molar-refractivity contribution < 1.29 is 0 Å². The Morgan fingerprint density at radius 2 is 1.38 bits per heavy atom. The van der Waals surface area contributed by atoms with Gasteiger partial charge in [-0.2, -0.15) is 0 Å². The first-order chi connectivity index (χ1) is 7.58. The largest absolute Gasteiger partial charge is 0.311 e. The minimum absolute atomic E-state index is 0.753. The molecule has 0 aliphatic heterocycles. The molecule has 0 heterocycles. The van der Waals surface area contributed by atoms with Crippen LogP contribution in [-0.2, 0) is 0 Å². The molecule has 1 heteroatoms. The lowest BCUT2D eigenvalue weighted by atomic mass is 9.91. The van der Waals surface area contributed by atoms with E-state index in [1.807, 2.05) is 0 Å². The average molecular weight is 225 g/mol. The summed E-state index contributed by atoms with van der Waals surface area (Å²) in [7, 11) is 0. The predicted molar refractivity (Wildman–Crippen MR) is 72.7 cm³/mol. The third-order valence-electron chi connectivity index (χ3n) is 3.59. The van der Waals surface area contributed by atoms with Crippen LogP contribution in [0.4, 0.5) is 0 Å². The molecule has 1 saturated carbocycles. The van der Waals surface area contributed by atoms with Crippen LogP contribution >= 0.6 is 0 Å². The summed E-state index contributed by atoms with van der Waals surface area (Å²) in [5, 5.41) is 3.92. The topological polar surface area (TPSA) is 12.0 Å². The molecule has 1 aliphatic carbocycles. The van der Waals surface area contributed by atoms with E-state index in [1.54, 1.807) is 0 Å². The van der Waals surface area contributed by atoms with Crippen LogP contribution in [0.3, 0.4) is 0 Å². The van der Waals surface area contributed by atoms with E-state index in [1.165, 1.54) is 44.9 Å². The molecule has 0 unspecified atom stereocenters. The zero-order valence-corrected chi connectivity index (χ0v) is 11.8. The van der Waals surface area contributed by atoms with Crippen molar-refractivity contribution in [2.24, 2.45) is 11.8 Å². The molecule has 0 saturated heterocycles. The van der Waals surface area contributed by atoms with Gasteiger partial charge in [0.25, 0.3) is 0 Å². The molecule has 0 spiro atoms. The predicted octanol–water partition coefficient (Wildman–Crippen LogP) is 4.37. The minimum atomic E-state index is 0.753. The molecule has 1 N–H and O–H groups in total. The normalized spacial score (nSPS) is 18.9. The molecule has 0 aromatic carbocycles. The highest BCUT2D eigenvalue weighted by Crippen LogP contribution is 2.21. The van der Waals surface area contributed by atoms with E-state index in [2.05, 4.69) is 33.0 Å². The fourth-order valence-corrected chi connectivity index (χ4v) is 2.97. The highest BCUT2D eigenvalue weighted by molar-refractivity contribution is 4.78. The lowest BCUT2D eigenvalue weighted by Gasteiger charge is -2.30. The second-order valence-electron chi connectivity index (χ2n) is 6.46. The Hall–Kier alpha value is -0.0400. The molecule has 0 atom stereocenters. The van der Waals surface area contributed by atoms with E-state index in [0.29, 0.717) is 0 Å². The van der Waals surface area contributed by atoms with Crippen LogP contribution in [0.15, 0.2) is 0 Å². The van der Waals surface area contributed by atoms with Crippen molar-refractivity contribution in [2.45, 2.75) is 84.7 Å². The van der Waals surface area contributed by atoms with Crippen molar-refractivity contribution in [2.75, 3.05) is 0 Å². The summed E-state index contributed by atoms with van der Waals surface area (Å²) < 4.78 is 0. The van der Waals surface area contributed by atoms with E-state index in [-0.39, 0.29) is 0 Å². The number of rotatable bonds is 6. The van der Waals surface area contributed by atoms with Gasteiger partial charge in [0.1, 0.15) is 0 Å². The molecule has 16 heavy (non-hydrogen) atoms. The van der Waals surface area contributed by atoms with Crippen LogP contribution in [0.2, 0.25) is 0 Å². The quantitative estimate of drug-likeness (QED) is 0.708. The van der Waals surface area contributed by atoms with Gasteiger partial charge in [-0.25, -0.2) is 0 Å². The molecule has 0 aromatic heterocycles. The van der Waals surface area contributed by atoms with Gasteiger partial charge in [-0.1, -0.05) is 47.0 Å². The minimum Gasteiger partial charge on any atom is -0.311 e. The number of nitrogens with one attached hydrogen (secondary N) is 1. The van der Waals surface area contributed by atoms with Gasteiger partial charge >= 0.3 is 0 Å². The maximum Gasteiger partial charge on any atom is 0.00745 e. The lowest BCUT2D eigenvalue weighted by molar-refractivity contribution is 0.285. The summed E-state index contributed by atoms with van der Waals surface area (Å²) in [6.45, 7) is 9.37. The zero-order chi connectivity index (χ0) is 12.0. The van der Waals surface area contributed by atoms with Gasteiger partial charge in [0.05, 0.1) is 0 Å². The summed E-state index contributed by atoms with van der Waals surface area (Å²) in [5.41, 5.74) is 0. The van der Waals surface area contributed by atoms with Crippen LogP contribution < -0.4 is 5.32 Å². The second-order valence-corrected chi connectivity index (χ2v) is 6.46. The molecule has 1 nitrogen and oxygen atoms in total. The summed E-state index contributed by atoms with van der Waals surface area (Å²) >= 11 is 0. The van der Waals surface area contributed by atoms with Crippen molar-refractivity contribution in [3.8, 4) is 0 Å². The van der Waals surface area contributed by atoms with E-state index < -0.39 is 0 Å². The Morgan fingerprint density at radius 1 is 0.875 bits per heavy atom. The molecule has 96 valence electrons. The molecule has 1 fully saturated rings.